The molecule has 0 spiro atoms. The van der Waals surface area contributed by atoms with Crippen LogP contribution in [0.4, 0.5) is 5.69 Å². The maximum atomic E-state index is 11.9. The van der Waals surface area contributed by atoms with Gasteiger partial charge in [0.1, 0.15) is 0 Å². The minimum Gasteiger partial charge on any atom is -0.354 e. The Hall–Kier alpha value is -1.20. The molecular weight excluding hydrogens is 284 g/mol. The van der Waals surface area contributed by atoms with E-state index in [2.05, 4.69) is 10.6 Å². The van der Waals surface area contributed by atoms with E-state index in [-0.39, 0.29) is 23.5 Å². The molecule has 2 amide bonds. The molecule has 1 aromatic rings. The second-order valence-corrected chi connectivity index (χ2v) is 6.11. The lowest BCUT2D eigenvalue weighted by molar-refractivity contribution is -0.123. The molecule has 2 rings (SSSR count). The SMILES string of the molecule is Cc1ccc(Cl)cc1NC(=O)C[C@@H]1SCCNC1=O. The summed E-state index contributed by atoms with van der Waals surface area (Å²) in [6, 6.07) is 5.33. The molecule has 0 aromatic heterocycles. The first kappa shape index (κ1) is 14.2. The minimum absolute atomic E-state index is 0.0609. The summed E-state index contributed by atoms with van der Waals surface area (Å²) < 4.78 is 0. The molecule has 2 N–H and O–H groups in total. The van der Waals surface area contributed by atoms with Crippen LogP contribution in [-0.4, -0.2) is 29.4 Å². The molecular formula is C13H15ClN2O2S. The standard InChI is InChI=1S/C13H15ClN2O2S/c1-8-2-3-9(14)6-10(8)16-12(17)7-11-13(18)15-4-5-19-11/h2-3,6,11H,4-5,7H2,1H3,(H,15,18)(H,16,17)/t11-/m0/s1. The van der Waals surface area contributed by atoms with E-state index in [9.17, 15) is 9.59 Å². The molecule has 102 valence electrons. The summed E-state index contributed by atoms with van der Waals surface area (Å²) in [6.45, 7) is 2.57. The van der Waals surface area contributed by atoms with Crippen molar-refractivity contribution in [2.45, 2.75) is 18.6 Å². The third kappa shape index (κ3) is 3.88. The number of aryl methyl sites for hydroxylation is 1. The van der Waals surface area contributed by atoms with Gasteiger partial charge in [0, 0.05) is 29.4 Å². The van der Waals surface area contributed by atoms with Gasteiger partial charge in [-0.2, -0.15) is 0 Å². The first-order chi connectivity index (χ1) is 9.06. The Morgan fingerprint density at radius 2 is 2.37 bits per heavy atom. The van der Waals surface area contributed by atoms with Gasteiger partial charge in [-0.05, 0) is 24.6 Å². The zero-order valence-electron chi connectivity index (χ0n) is 10.5. The van der Waals surface area contributed by atoms with Gasteiger partial charge in [0.2, 0.25) is 11.8 Å². The number of hydrogen-bond donors (Lipinski definition) is 2. The number of benzene rings is 1. The molecule has 0 bridgehead atoms. The molecule has 4 nitrogen and oxygen atoms in total. The van der Waals surface area contributed by atoms with Gasteiger partial charge in [-0.15, -0.1) is 11.8 Å². The van der Waals surface area contributed by atoms with Crippen LogP contribution in [0.15, 0.2) is 18.2 Å². The second-order valence-electron chi connectivity index (χ2n) is 4.36. The molecule has 1 aliphatic heterocycles. The van der Waals surface area contributed by atoms with E-state index in [0.29, 0.717) is 17.3 Å². The van der Waals surface area contributed by atoms with Crippen LogP contribution in [0.3, 0.4) is 0 Å². The topological polar surface area (TPSA) is 58.2 Å². The van der Waals surface area contributed by atoms with Gasteiger partial charge in [0.05, 0.1) is 5.25 Å². The zero-order valence-corrected chi connectivity index (χ0v) is 12.1. The maximum absolute atomic E-state index is 11.9. The Morgan fingerprint density at radius 1 is 1.58 bits per heavy atom. The lowest BCUT2D eigenvalue weighted by Crippen LogP contribution is -2.40. The van der Waals surface area contributed by atoms with Gasteiger partial charge in [-0.3, -0.25) is 9.59 Å². The molecule has 1 aliphatic rings. The van der Waals surface area contributed by atoms with E-state index in [1.807, 2.05) is 13.0 Å². The third-order valence-electron chi connectivity index (χ3n) is 2.86. The van der Waals surface area contributed by atoms with Crippen molar-refractivity contribution in [1.82, 2.24) is 5.32 Å². The number of halogens is 1. The average Bonchev–Trinajstić information content (AvgIpc) is 2.37. The summed E-state index contributed by atoms with van der Waals surface area (Å²) in [7, 11) is 0. The van der Waals surface area contributed by atoms with Crippen LogP contribution in [0.1, 0.15) is 12.0 Å². The van der Waals surface area contributed by atoms with Crippen molar-refractivity contribution in [3.05, 3.63) is 28.8 Å². The quantitative estimate of drug-likeness (QED) is 0.899. The van der Waals surface area contributed by atoms with Gasteiger partial charge >= 0.3 is 0 Å². The Bertz CT molecular complexity index is 507. The minimum atomic E-state index is -0.298. The molecule has 19 heavy (non-hydrogen) atoms. The van der Waals surface area contributed by atoms with Crippen molar-refractivity contribution < 1.29 is 9.59 Å². The van der Waals surface area contributed by atoms with E-state index in [1.165, 1.54) is 11.8 Å². The first-order valence-electron chi connectivity index (χ1n) is 6.01. The van der Waals surface area contributed by atoms with Crippen molar-refractivity contribution in [3.8, 4) is 0 Å². The number of anilines is 1. The van der Waals surface area contributed by atoms with Gasteiger partial charge in [0.15, 0.2) is 0 Å². The largest absolute Gasteiger partial charge is 0.354 e. The van der Waals surface area contributed by atoms with E-state index in [1.54, 1.807) is 12.1 Å². The van der Waals surface area contributed by atoms with Gasteiger partial charge < -0.3 is 10.6 Å². The normalized spacial score (nSPS) is 18.8. The molecule has 0 saturated carbocycles. The lowest BCUT2D eigenvalue weighted by atomic mass is 10.2. The molecule has 1 aromatic carbocycles. The van der Waals surface area contributed by atoms with Crippen molar-refractivity contribution in [3.63, 3.8) is 0 Å². The van der Waals surface area contributed by atoms with Gasteiger partial charge in [-0.25, -0.2) is 0 Å². The van der Waals surface area contributed by atoms with E-state index >= 15 is 0 Å². The number of carbonyl (C=O) groups excluding carboxylic acids is 2. The predicted octanol–water partition coefficient (Wildman–Crippen LogP) is 2.21. The number of thioether (sulfide) groups is 1. The van der Waals surface area contributed by atoms with Crippen molar-refractivity contribution >= 4 is 40.9 Å². The Balaban J connectivity index is 1.97. The molecule has 6 heteroatoms. The summed E-state index contributed by atoms with van der Waals surface area (Å²) in [5.74, 6) is 0.619. The lowest BCUT2D eigenvalue weighted by Gasteiger charge is -2.21. The maximum Gasteiger partial charge on any atom is 0.233 e. The second kappa shape index (κ2) is 6.30. The van der Waals surface area contributed by atoms with Crippen LogP contribution in [0, 0.1) is 6.92 Å². The monoisotopic (exact) mass is 298 g/mol. The van der Waals surface area contributed by atoms with Crippen molar-refractivity contribution in [2.24, 2.45) is 0 Å². The van der Waals surface area contributed by atoms with Gasteiger partial charge in [-0.1, -0.05) is 17.7 Å². The Labute approximate surface area is 121 Å². The predicted molar refractivity (Wildman–Crippen MR) is 78.7 cm³/mol. The number of hydrogen-bond acceptors (Lipinski definition) is 3. The van der Waals surface area contributed by atoms with E-state index in [0.717, 1.165) is 11.3 Å². The highest BCUT2D eigenvalue weighted by Crippen LogP contribution is 2.22. The fourth-order valence-electron chi connectivity index (χ4n) is 1.82. The highest BCUT2D eigenvalue weighted by molar-refractivity contribution is 8.00. The van der Waals surface area contributed by atoms with Crippen LogP contribution in [0.5, 0.6) is 0 Å². The molecule has 1 atom stereocenters. The van der Waals surface area contributed by atoms with Crippen molar-refractivity contribution in [1.29, 1.82) is 0 Å². The van der Waals surface area contributed by atoms with Gasteiger partial charge in [0.25, 0.3) is 0 Å². The zero-order chi connectivity index (χ0) is 13.8. The fraction of sp³-hybridized carbons (Fsp3) is 0.385. The number of rotatable bonds is 3. The fourth-order valence-corrected chi connectivity index (χ4v) is 3.00. The summed E-state index contributed by atoms with van der Waals surface area (Å²) >= 11 is 7.41. The van der Waals surface area contributed by atoms with Crippen LogP contribution >= 0.6 is 23.4 Å². The average molecular weight is 299 g/mol. The summed E-state index contributed by atoms with van der Waals surface area (Å²) in [4.78, 5) is 23.5. The van der Waals surface area contributed by atoms with Crippen LogP contribution in [0.2, 0.25) is 5.02 Å². The Morgan fingerprint density at radius 3 is 3.11 bits per heavy atom. The van der Waals surface area contributed by atoms with E-state index in [4.69, 9.17) is 11.6 Å². The smallest absolute Gasteiger partial charge is 0.233 e. The molecule has 0 radical (unpaired) electrons. The first-order valence-corrected chi connectivity index (χ1v) is 7.44. The number of amides is 2. The molecule has 0 unspecified atom stereocenters. The van der Waals surface area contributed by atoms with E-state index < -0.39 is 0 Å². The Kier molecular flexibility index (Phi) is 4.71. The van der Waals surface area contributed by atoms with Crippen LogP contribution in [-0.2, 0) is 9.59 Å². The molecule has 0 aliphatic carbocycles. The highest BCUT2D eigenvalue weighted by atomic mass is 35.5. The van der Waals surface area contributed by atoms with Crippen LogP contribution in [0.25, 0.3) is 0 Å². The van der Waals surface area contributed by atoms with Crippen LogP contribution < -0.4 is 10.6 Å². The van der Waals surface area contributed by atoms with Crippen molar-refractivity contribution in [2.75, 3.05) is 17.6 Å². The highest BCUT2D eigenvalue weighted by Gasteiger charge is 2.25. The number of nitrogens with one attached hydrogen (secondary N) is 2. The summed E-state index contributed by atoms with van der Waals surface area (Å²) in [6.07, 6.45) is 0.183. The molecule has 1 heterocycles. The summed E-state index contributed by atoms with van der Waals surface area (Å²) in [5.41, 5.74) is 1.64. The number of carbonyl (C=O) groups is 2. The molecule has 1 saturated heterocycles. The third-order valence-corrected chi connectivity index (χ3v) is 4.32. The molecule has 1 fully saturated rings. The summed E-state index contributed by atoms with van der Waals surface area (Å²) in [5, 5.41) is 5.84.